The van der Waals surface area contributed by atoms with Crippen molar-refractivity contribution in [1.82, 2.24) is 9.97 Å². The van der Waals surface area contributed by atoms with Crippen LogP contribution in [0.1, 0.15) is 16.1 Å². The minimum Gasteiger partial charge on any atom is -0.496 e. The fourth-order valence-corrected chi connectivity index (χ4v) is 1.53. The molecule has 0 aliphatic rings. The largest absolute Gasteiger partial charge is 0.496 e. The fourth-order valence-electron chi connectivity index (χ4n) is 1.53. The summed E-state index contributed by atoms with van der Waals surface area (Å²) in [6.45, 7) is 1.91. The Kier molecular flexibility index (Phi) is 2.72. The van der Waals surface area contributed by atoms with E-state index in [0.29, 0.717) is 11.3 Å². The third-order valence-electron chi connectivity index (χ3n) is 2.32. The Bertz CT molecular complexity index is 517. The number of methoxy groups -OCH3 is 1. The van der Waals surface area contributed by atoms with Crippen LogP contribution in [0, 0.1) is 6.92 Å². The number of carbonyl (C=O) groups is 1. The summed E-state index contributed by atoms with van der Waals surface area (Å²) in [5, 5.41) is 0. The van der Waals surface area contributed by atoms with Crippen molar-refractivity contribution in [1.29, 1.82) is 0 Å². The van der Waals surface area contributed by atoms with E-state index in [1.165, 1.54) is 0 Å². The predicted octanol–water partition coefficient (Wildman–Crippen LogP) is 2.21. The number of ether oxygens (including phenoxy) is 1. The molecule has 0 unspecified atom stereocenters. The molecule has 0 spiro atoms. The van der Waals surface area contributed by atoms with Crippen LogP contribution in [0.3, 0.4) is 0 Å². The van der Waals surface area contributed by atoms with Gasteiger partial charge in [0.25, 0.3) is 0 Å². The summed E-state index contributed by atoms with van der Waals surface area (Å²) in [6, 6.07) is 5.25. The van der Waals surface area contributed by atoms with Gasteiger partial charge in [-0.2, -0.15) is 0 Å². The van der Waals surface area contributed by atoms with Crippen molar-refractivity contribution < 1.29 is 9.53 Å². The highest BCUT2D eigenvalue weighted by Crippen LogP contribution is 2.28. The Morgan fingerprint density at radius 1 is 1.44 bits per heavy atom. The zero-order valence-corrected chi connectivity index (χ0v) is 9.15. The van der Waals surface area contributed by atoms with Crippen LogP contribution in [0.4, 0.5) is 0 Å². The van der Waals surface area contributed by atoms with Gasteiger partial charge in [-0.05, 0) is 19.1 Å². The Labute approximate surface area is 93.3 Å². The Balaban J connectivity index is 2.52. The number of aromatic nitrogens is 2. The molecule has 2 rings (SSSR count). The van der Waals surface area contributed by atoms with Crippen LogP contribution >= 0.6 is 0 Å². The van der Waals surface area contributed by atoms with Crippen molar-refractivity contribution in [2.45, 2.75) is 6.92 Å². The number of imidazole rings is 1. The van der Waals surface area contributed by atoms with E-state index in [9.17, 15) is 4.79 Å². The van der Waals surface area contributed by atoms with E-state index >= 15 is 0 Å². The molecular weight excluding hydrogens is 204 g/mol. The van der Waals surface area contributed by atoms with Crippen molar-refractivity contribution in [3.8, 4) is 17.1 Å². The molecule has 0 bridgehead atoms. The predicted molar refractivity (Wildman–Crippen MR) is 60.7 cm³/mol. The summed E-state index contributed by atoms with van der Waals surface area (Å²) in [6.07, 6.45) is 2.61. The van der Waals surface area contributed by atoms with E-state index in [-0.39, 0.29) is 0 Å². The molecule has 1 heterocycles. The van der Waals surface area contributed by atoms with Crippen LogP contribution in [-0.4, -0.2) is 23.4 Å². The van der Waals surface area contributed by atoms with E-state index < -0.39 is 0 Å². The van der Waals surface area contributed by atoms with Gasteiger partial charge in [0.2, 0.25) is 0 Å². The Morgan fingerprint density at radius 3 is 2.81 bits per heavy atom. The van der Waals surface area contributed by atoms with Crippen molar-refractivity contribution in [2.24, 2.45) is 0 Å². The molecule has 0 saturated carbocycles. The number of carbonyl (C=O) groups excluding carboxylic acids is 1. The number of H-pyrrole nitrogens is 1. The summed E-state index contributed by atoms with van der Waals surface area (Å²) < 4.78 is 5.23. The third-order valence-corrected chi connectivity index (χ3v) is 2.32. The molecule has 0 radical (unpaired) electrons. The molecule has 0 amide bonds. The van der Waals surface area contributed by atoms with Gasteiger partial charge in [0.05, 0.1) is 18.4 Å². The third kappa shape index (κ3) is 1.82. The van der Waals surface area contributed by atoms with Gasteiger partial charge in [-0.15, -0.1) is 0 Å². The maximum atomic E-state index is 10.6. The van der Waals surface area contributed by atoms with Gasteiger partial charge in [0.1, 0.15) is 17.9 Å². The number of aryl methyl sites for hydroxylation is 1. The molecule has 82 valence electrons. The lowest BCUT2D eigenvalue weighted by Crippen LogP contribution is -1.91. The topological polar surface area (TPSA) is 55.0 Å². The lowest BCUT2D eigenvalue weighted by atomic mass is 10.1. The highest BCUT2D eigenvalue weighted by molar-refractivity contribution is 5.79. The zero-order chi connectivity index (χ0) is 11.5. The molecule has 16 heavy (non-hydrogen) atoms. The van der Waals surface area contributed by atoms with E-state index in [1.54, 1.807) is 19.2 Å². The first-order valence-corrected chi connectivity index (χ1v) is 4.90. The molecule has 1 aromatic carbocycles. The fraction of sp³-hybridized carbons (Fsp3) is 0.167. The lowest BCUT2D eigenvalue weighted by molar-refractivity contribution is 0.112. The molecule has 0 saturated heterocycles. The first-order valence-electron chi connectivity index (χ1n) is 4.90. The second-order valence-electron chi connectivity index (χ2n) is 3.47. The van der Waals surface area contributed by atoms with Gasteiger partial charge in [0.15, 0.2) is 0 Å². The normalized spacial score (nSPS) is 10.1. The van der Waals surface area contributed by atoms with Gasteiger partial charge in [0, 0.05) is 11.8 Å². The first kappa shape index (κ1) is 10.4. The SMILES string of the molecule is COc1cc(C=O)ccc1-c1nc(C)c[nH]1. The van der Waals surface area contributed by atoms with Crippen LogP contribution < -0.4 is 4.74 Å². The average Bonchev–Trinajstić information content (AvgIpc) is 2.74. The molecule has 4 nitrogen and oxygen atoms in total. The molecule has 1 aromatic heterocycles. The molecular formula is C12H12N2O2. The number of aldehydes is 1. The van der Waals surface area contributed by atoms with Crippen LogP contribution in [0.5, 0.6) is 5.75 Å². The van der Waals surface area contributed by atoms with Gasteiger partial charge < -0.3 is 9.72 Å². The number of rotatable bonds is 3. The van der Waals surface area contributed by atoms with Crippen molar-refractivity contribution in [3.63, 3.8) is 0 Å². The first-order chi connectivity index (χ1) is 7.74. The van der Waals surface area contributed by atoms with E-state index in [1.807, 2.05) is 19.2 Å². The molecule has 0 fully saturated rings. The summed E-state index contributed by atoms with van der Waals surface area (Å²) in [7, 11) is 1.57. The highest BCUT2D eigenvalue weighted by Gasteiger charge is 2.09. The van der Waals surface area contributed by atoms with Crippen LogP contribution in [-0.2, 0) is 0 Å². The molecule has 2 aromatic rings. The van der Waals surface area contributed by atoms with Crippen molar-refractivity contribution in [3.05, 3.63) is 35.7 Å². The molecule has 0 aliphatic heterocycles. The number of hydrogen-bond donors (Lipinski definition) is 1. The van der Waals surface area contributed by atoms with E-state index in [2.05, 4.69) is 9.97 Å². The van der Waals surface area contributed by atoms with Crippen LogP contribution in [0.2, 0.25) is 0 Å². The Hall–Kier alpha value is -2.10. The number of nitrogens with zero attached hydrogens (tertiary/aromatic N) is 1. The number of benzene rings is 1. The van der Waals surface area contributed by atoms with Gasteiger partial charge >= 0.3 is 0 Å². The molecule has 0 aliphatic carbocycles. The van der Waals surface area contributed by atoms with Gasteiger partial charge in [-0.3, -0.25) is 4.79 Å². The summed E-state index contributed by atoms with van der Waals surface area (Å²) in [5.74, 6) is 1.38. The molecule has 0 atom stereocenters. The van der Waals surface area contributed by atoms with Crippen LogP contribution in [0.25, 0.3) is 11.4 Å². The minimum atomic E-state index is 0.587. The van der Waals surface area contributed by atoms with E-state index in [0.717, 1.165) is 23.4 Å². The molecule has 4 heteroatoms. The minimum absolute atomic E-state index is 0.587. The van der Waals surface area contributed by atoms with Gasteiger partial charge in [-0.1, -0.05) is 6.07 Å². The molecule has 1 N–H and O–H groups in total. The van der Waals surface area contributed by atoms with Crippen molar-refractivity contribution >= 4 is 6.29 Å². The van der Waals surface area contributed by atoms with E-state index in [4.69, 9.17) is 4.74 Å². The van der Waals surface area contributed by atoms with Crippen molar-refractivity contribution in [2.75, 3.05) is 7.11 Å². The highest BCUT2D eigenvalue weighted by atomic mass is 16.5. The number of aromatic amines is 1. The van der Waals surface area contributed by atoms with Gasteiger partial charge in [-0.25, -0.2) is 4.98 Å². The smallest absolute Gasteiger partial charge is 0.150 e. The lowest BCUT2D eigenvalue weighted by Gasteiger charge is -2.06. The summed E-state index contributed by atoms with van der Waals surface area (Å²) >= 11 is 0. The zero-order valence-electron chi connectivity index (χ0n) is 9.15. The second-order valence-corrected chi connectivity index (χ2v) is 3.47. The maximum Gasteiger partial charge on any atom is 0.150 e. The summed E-state index contributed by atoms with van der Waals surface area (Å²) in [4.78, 5) is 18.0. The average molecular weight is 216 g/mol. The number of hydrogen-bond acceptors (Lipinski definition) is 3. The van der Waals surface area contributed by atoms with Crippen LogP contribution in [0.15, 0.2) is 24.4 Å². The monoisotopic (exact) mass is 216 g/mol. The summed E-state index contributed by atoms with van der Waals surface area (Å²) in [5.41, 5.74) is 2.35. The quantitative estimate of drug-likeness (QED) is 0.800. The maximum absolute atomic E-state index is 10.6. The number of nitrogens with one attached hydrogen (secondary N) is 1. The second kappa shape index (κ2) is 4.18. The Morgan fingerprint density at radius 2 is 2.25 bits per heavy atom. The standard InChI is InChI=1S/C12H12N2O2/c1-8-6-13-12(14-8)10-4-3-9(7-15)5-11(10)16-2/h3-7H,1-2H3,(H,13,14).